The summed E-state index contributed by atoms with van der Waals surface area (Å²) in [4.78, 5) is 25.1. The van der Waals surface area contributed by atoms with Crippen molar-refractivity contribution in [2.45, 2.75) is 0 Å². The Kier molecular flexibility index (Phi) is 5.44. The van der Waals surface area contributed by atoms with Crippen molar-refractivity contribution in [3.63, 3.8) is 0 Å². The van der Waals surface area contributed by atoms with E-state index in [0.29, 0.717) is 26.1 Å². The summed E-state index contributed by atoms with van der Waals surface area (Å²) in [5, 5.41) is 1.80. The lowest BCUT2D eigenvalue weighted by Gasteiger charge is -2.15. The van der Waals surface area contributed by atoms with Crippen molar-refractivity contribution < 1.29 is 9.59 Å². The molecular formula is C17H10Cl2N2O2S2. The quantitative estimate of drug-likeness (QED) is 0.598. The standard InChI is InChI=1S/C17H10Cl2N2O2S2/c18-12-8-4-7-11(14(12)19)9-13-16(23)21(17(24)25-13)20-15(22)10-5-2-1-3-6-10/h1-9H,(H,20,22). The van der Waals surface area contributed by atoms with Gasteiger partial charge in [-0.2, -0.15) is 5.01 Å². The van der Waals surface area contributed by atoms with Crippen LogP contribution in [0.15, 0.2) is 53.4 Å². The zero-order valence-corrected chi connectivity index (χ0v) is 15.7. The minimum absolute atomic E-state index is 0.235. The number of nitrogens with one attached hydrogen (secondary N) is 1. The fourth-order valence-corrected chi connectivity index (χ4v) is 3.63. The topological polar surface area (TPSA) is 49.4 Å². The molecule has 1 heterocycles. The molecule has 0 aliphatic carbocycles. The third-order valence-electron chi connectivity index (χ3n) is 3.31. The van der Waals surface area contributed by atoms with Crippen LogP contribution in [0, 0.1) is 0 Å². The molecule has 1 aliphatic rings. The number of hydrogen-bond donors (Lipinski definition) is 1. The van der Waals surface area contributed by atoms with Crippen LogP contribution >= 0.6 is 47.2 Å². The smallest absolute Gasteiger partial charge is 0.267 e. The highest BCUT2D eigenvalue weighted by Gasteiger charge is 2.33. The van der Waals surface area contributed by atoms with Crippen molar-refractivity contribution in [1.29, 1.82) is 0 Å². The molecule has 0 spiro atoms. The van der Waals surface area contributed by atoms with Gasteiger partial charge < -0.3 is 0 Å². The Hall–Kier alpha value is -1.86. The molecule has 3 rings (SSSR count). The van der Waals surface area contributed by atoms with E-state index in [-0.39, 0.29) is 4.32 Å². The number of hydrazine groups is 1. The zero-order chi connectivity index (χ0) is 18.0. The summed E-state index contributed by atoms with van der Waals surface area (Å²) in [6.07, 6.45) is 1.60. The van der Waals surface area contributed by atoms with Crippen LogP contribution in [0.4, 0.5) is 0 Å². The SMILES string of the molecule is O=C(NN1C(=O)C(=Cc2cccc(Cl)c2Cl)SC1=S)c1ccccc1. The molecule has 1 saturated heterocycles. The number of carbonyl (C=O) groups excluding carboxylic acids is 2. The Balaban J connectivity index is 1.82. The van der Waals surface area contributed by atoms with Gasteiger partial charge in [-0.25, -0.2) is 0 Å². The summed E-state index contributed by atoms with van der Waals surface area (Å²) in [5.74, 6) is -0.839. The Morgan fingerprint density at radius 3 is 2.56 bits per heavy atom. The predicted molar refractivity (Wildman–Crippen MR) is 105 cm³/mol. The molecule has 126 valence electrons. The van der Waals surface area contributed by atoms with E-state index in [2.05, 4.69) is 5.43 Å². The summed E-state index contributed by atoms with van der Waals surface area (Å²) >= 11 is 18.4. The molecule has 2 amide bonds. The van der Waals surface area contributed by atoms with Gasteiger partial charge in [0, 0.05) is 5.56 Å². The molecular weight excluding hydrogens is 399 g/mol. The van der Waals surface area contributed by atoms with Gasteiger partial charge in [0.15, 0.2) is 4.32 Å². The summed E-state index contributed by atoms with van der Waals surface area (Å²) in [6, 6.07) is 13.7. The molecule has 0 unspecified atom stereocenters. The van der Waals surface area contributed by atoms with E-state index in [0.717, 1.165) is 16.8 Å². The second kappa shape index (κ2) is 7.58. The van der Waals surface area contributed by atoms with Gasteiger partial charge >= 0.3 is 0 Å². The zero-order valence-electron chi connectivity index (χ0n) is 12.5. The Bertz CT molecular complexity index is 901. The third kappa shape index (κ3) is 3.88. The second-order valence-corrected chi connectivity index (χ2v) is 7.43. The van der Waals surface area contributed by atoms with Crippen LogP contribution in [0.5, 0.6) is 0 Å². The average molecular weight is 409 g/mol. The van der Waals surface area contributed by atoms with Crippen molar-refractivity contribution in [3.8, 4) is 0 Å². The monoisotopic (exact) mass is 408 g/mol. The van der Waals surface area contributed by atoms with E-state index in [1.165, 1.54) is 0 Å². The molecule has 2 aromatic rings. The molecule has 0 radical (unpaired) electrons. The van der Waals surface area contributed by atoms with Gasteiger partial charge in [-0.3, -0.25) is 15.0 Å². The van der Waals surface area contributed by atoms with Gasteiger partial charge in [0.05, 0.1) is 15.0 Å². The van der Waals surface area contributed by atoms with Gasteiger partial charge in [-0.15, -0.1) is 0 Å². The Morgan fingerprint density at radius 1 is 1.12 bits per heavy atom. The lowest BCUT2D eigenvalue weighted by atomic mass is 10.2. The fraction of sp³-hybridized carbons (Fsp3) is 0. The summed E-state index contributed by atoms with van der Waals surface area (Å²) in [6.45, 7) is 0. The number of benzene rings is 2. The van der Waals surface area contributed by atoms with Crippen LogP contribution in [0.3, 0.4) is 0 Å². The minimum atomic E-state index is -0.421. The van der Waals surface area contributed by atoms with Gasteiger partial charge in [-0.05, 0) is 42.1 Å². The number of hydrogen-bond acceptors (Lipinski definition) is 4. The highest BCUT2D eigenvalue weighted by Crippen LogP contribution is 2.34. The van der Waals surface area contributed by atoms with E-state index < -0.39 is 11.8 Å². The minimum Gasteiger partial charge on any atom is -0.267 e. The first-order valence-electron chi connectivity index (χ1n) is 7.05. The molecule has 0 atom stereocenters. The molecule has 25 heavy (non-hydrogen) atoms. The molecule has 1 fully saturated rings. The van der Waals surface area contributed by atoms with E-state index in [1.807, 2.05) is 0 Å². The van der Waals surface area contributed by atoms with E-state index in [9.17, 15) is 9.59 Å². The van der Waals surface area contributed by atoms with Gasteiger partial charge in [0.25, 0.3) is 11.8 Å². The number of nitrogens with zero attached hydrogens (tertiary/aromatic N) is 1. The first kappa shape index (κ1) is 17.9. The van der Waals surface area contributed by atoms with Crippen LogP contribution in [-0.2, 0) is 4.79 Å². The van der Waals surface area contributed by atoms with Crippen LogP contribution in [0.1, 0.15) is 15.9 Å². The first-order chi connectivity index (χ1) is 12.0. The lowest BCUT2D eigenvalue weighted by molar-refractivity contribution is -0.123. The van der Waals surface area contributed by atoms with Crippen molar-refractivity contribution in [2.75, 3.05) is 0 Å². The maximum atomic E-state index is 12.5. The Morgan fingerprint density at radius 2 is 1.84 bits per heavy atom. The fourth-order valence-electron chi connectivity index (χ4n) is 2.09. The van der Waals surface area contributed by atoms with Gasteiger partial charge in [0.1, 0.15) is 0 Å². The Labute approximate surface area is 163 Å². The second-order valence-electron chi connectivity index (χ2n) is 4.97. The molecule has 0 saturated carbocycles. The van der Waals surface area contributed by atoms with Crippen molar-refractivity contribution in [3.05, 3.63) is 74.6 Å². The lowest BCUT2D eigenvalue weighted by Crippen LogP contribution is -2.44. The number of carbonyl (C=O) groups is 2. The van der Waals surface area contributed by atoms with Crippen LogP contribution in [0.25, 0.3) is 6.08 Å². The summed E-state index contributed by atoms with van der Waals surface area (Å²) < 4.78 is 0.235. The van der Waals surface area contributed by atoms with Gasteiger partial charge in [0.2, 0.25) is 0 Å². The number of thioether (sulfide) groups is 1. The molecule has 2 aromatic carbocycles. The highest BCUT2D eigenvalue weighted by atomic mass is 35.5. The molecule has 0 bridgehead atoms. The maximum Gasteiger partial charge on any atom is 0.285 e. The molecule has 0 aromatic heterocycles. The molecule has 4 nitrogen and oxygen atoms in total. The van der Waals surface area contributed by atoms with Crippen LogP contribution in [-0.4, -0.2) is 21.1 Å². The number of thiocarbonyl (C=S) groups is 1. The maximum absolute atomic E-state index is 12.5. The van der Waals surface area contributed by atoms with Crippen molar-refractivity contribution in [1.82, 2.24) is 10.4 Å². The predicted octanol–water partition coefficient (Wildman–Crippen LogP) is 4.54. The molecule has 8 heteroatoms. The third-order valence-corrected chi connectivity index (χ3v) is 5.45. The summed E-state index contributed by atoms with van der Waals surface area (Å²) in [5.41, 5.74) is 3.55. The summed E-state index contributed by atoms with van der Waals surface area (Å²) in [7, 11) is 0. The van der Waals surface area contributed by atoms with Gasteiger partial charge in [-0.1, -0.05) is 65.3 Å². The largest absolute Gasteiger partial charge is 0.285 e. The average Bonchev–Trinajstić information content (AvgIpc) is 2.87. The number of rotatable bonds is 3. The van der Waals surface area contributed by atoms with Crippen LogP contribution < -0.4 is 5.43 Å². The molecule has 1 aliphatic heterocycles. The number of amides is 2. The van der Waals surface area contributed by atoms with E-state index in [4.69, 9.17) is 35.4 Å². The van der Waals surface area contributed by atoms with Crippen LogP contribution in [0.2, 0.25) is 10.0 Å². The van der Waals surface area contributed by atoms with Crippen molar-refractivity contribution in [2.24, 2.45) is 0 Å². The molecule has 1 N–H and O–H groups in total. The van der Waals surface area contributed by atoms with Crippen molar-refractivity contribution >= 4 is 69.4 Å². The van der Waals surface area contributed by atoms with E-state index in [1.54, 1.807) is 54.6 Å². The highest BCUT2D eigenvalue weighted by molar-refractivity contribution is 8.26. The normalized spacial score (nSPS) is 15.8. The number of halogens is 2. The van der Waals surface area contributed by atoms with E-state index >= 15 is 0 Å². The first-order valence-corrected chi connectivity index (χ1v) is 9.03.